The van der Waals surface area contributed by atoms with Crippen molar-refractivity contribution in [3.63, 3.8) is 0 Å². The van der Waals surface area contributed by atoms with E-state index >= 15 is 0 Å². The Morgan fingerprint density at radius 1 is 1.36 bits per heavy atom. The maximum Gasteiger partial charge on any atom is 0.341 e. The Labute approximate surface area is 128 Å². The zero-order chi connectivity index (χ0) is 16.5. The van der Waals surface area contributed by atoms with Crippen LogP contribution in [0.1, 0.15) is 23.7 Å². The van der Waals surface area contributed by atoms with Gasteiger partial charge in [0.2, 0.25) is 9.84 Å². The summed E-state index contributed by atoms with van der Waals surface area (Å²) >= 11 is 0. The molecule has 5 nitrogen and oxygen atoms in total. The van der Waals surface area contributed by atoms with Crippen LogP contribution in [0.15, 0.2) is 29.2 Å². The lowest BCUT2D eigenvalue weighted by Gasteiger charge is -2.22. The molecule has 8 heteroatoms. The second-order valence-corrected chi connectivity index (χ2v) is 7.74. The van der Waals surface area contributed by atoms with Crippen molar-refractivity contribution in [2.24, 2.45) is 11.1 Å². The van der Waals surface area contributed by atoms with Crippen LogP contribution in [0, 0.1) is 5.41 Å². The third-order valence-electron chi connectivity index (χ3n) is 4.00. The van der Waals surface area contributed by atoms with Crippen molar-refractivity contribution in [3.05, 3.63) is 29.8 Å². The highest BCUT2D eigenvalue weighted by Gasteiger charge is 2.35. The molecule has 0 bridgehead atoms. The van der Waals surface area contributed by atoms with E-state index in [4.69, 9.17) is 5.73 Å². The molecule has 1 aliphatic rings. The van der Waals surface area contributed by atoms with Crippen molar-refractivity contribution in [2.75, 3.05) is 19.6 Å². The second-order valence-electron chi connectivity index (χ2n) is 5.82. The maximum atomic E-state index is 12.5. The number of halogens is 2. The lowest BCUT2D eigenvalue weighted by atomic mass is 9.90. The average molecular weight is 332 g/mol. The van der Waals surface area contributed by atoms with Crippen molar-refractivity contribution in [1.29, 1.82) is 0 Å². The molecule has 1 unspecified atom stereocenters. The molecule has 1 saturated heterocycles. The van der Waals surface area contributed by atoms with Gasteiger partial charge in [-0.05, 0) is 42.6 Å². The zero-order valence-electron chi connectivity index (χ0n) is 12.1. The molecular formula is C14H18F2N2O3S. The number of nitrogens with zero attached hydrogens (tertiary/aromatic N) is 1. The van der Waals surface area contributed by atoms with Gasteiger partial charge in [-0.3, -0.25) is 4.79 Å². The van der Waals surface area contributed by atoms with Gasteiger partial charge in [-0.2, -0.15) is 8.78 Å². The Hall–Kier alpha value is -1.54. The fourth-order valence-corrected chi connectivity index (χ4v) is 3.16. The van der Waals surface area contributed by atoms with E-state index in [1.54, 1.807) is 4.90 Å². The minimum absolute atomic E-state index is 0.116. The van der Waals surface area contributed by atoms with Crippen LogP contribution < -0.4 is 5.73 Å². The molecule has 1 atom stereocenters. The number of carbonyl (C=O) groups is 1. The summed E-state index contributed by atoms with van der Waals surface area (Å²) in [5.41, 5.74) is 5.85. The van der Waals surface area contributed by atoms with E-state index < -0.39 is 20.5 Å². The first-order valence-electron chi connectivity index (χ1n) is 6.81. The number of hydrogen-bond acceptors (Lipinski definition) is 4. The standard InChI is InChI=1S/C14H18F2N2O3S/c1-14(8-17)6-7-18(9-14)12(19)10-2-4-11(5-3-10)22(20,21)13(15)16/h2-5,13H,6-9,17H2,1H3. The third-order valence-corrected chi connectivity index (χ3v) is 5.40. The average Bonchev–Trinajstić information content (AvgIpc) is 2.90. The Morgan fingerprint density at radius 3 is 2.41 bits per heavy atom. The first-order valence-corrected chi connectivity index (χ1v) is 8.36. The first-order chi connectivity index (χ1) is 10.2. The molecule has 2 rings (SSSR count). The van der Waals surface area contributed by atoms with Gasteiger partial charge in [-0.15, -0.1) is 0 Å². The quantitative estimate of drug-likeness (QED) is 0.906. The number of nitrogens with two attached hydrogens (primary N) is 1. The smallest absolute Gasteiger partial charge is 0.338 e. The largest absolute Gasteiger partial charge is 0.341 e. The number of hydrogen-bond donors (Lipinski definition) is 1. The second kappa shape index (κ2) is 5.92. The van der Waals surface area contributed by atoms with E-state index in [2.05, 4.69) is 0 Å². The van der Waals surface area contributed by atoms with Gasteiger partial charge in [0.1, 0.15) is 0 Å². The Bertz CT molecular complexity index is 661. The molecular weight excluding hydrogens is 314 g/mol. The molecule has 1 aromatic rings. The molecule has 0 aromatic heterocycles. The molecule has 0 radical (unpaired) electrons. The van der Waals surface area contributed by atoms with Crippen molar-refractivity contribution >= 4 is 15.7 Å². The van der Waals surface area contributed by atoms with Crippen LogP contribution in [0.5, 0.6) is 0 Å². The molecule has 22 heavy (non-hydrogen) atoms. The van der Waals surface area contributed by atoms with E-state index in [1.807, 2.05) is 6.92 Å². The molecule has 122 valence electrons. The topological polar surface area (TPSA) is 80.5 Å². The van der Waals surface area contributed by atoms with E-state index in [0.717, 1.165) is 18.6 Å². The number of sulfone groups is 1. The molecule has 1 aliphatic heterocycles. The summed E-state index contributed by atoms with van der Waals surface area (Å²) in [6, 6.07) is 4.59. The van der Waals surface area contributed by atoms with Crippen molar-refractivity contribution in [2.45, 2.75) is 24.0 Å². The predicted molar refractivity (Wildman–Crippen MR) is 77.3 cm³/mol. The number of rotatable bonds is 4. The van der Waals surface area contributed by atoms with Crippen LogP contribution in [-0.2, 0) is 9.84 Å². The summed E-state index contributed by atoms with van der Waals surface area (Å²) < 4.78 is 47.6. The van der Waals surface area contributed by atoms with Gasteiger partial charge in [0.05, 0.1) is 4.90 Å². The van der Waals surface area contributed by atoms with Gasteiger partial charge < -0.3 is 10.6 Å². The van der Waals surface area contributed by atoms with Gasteiger partial charge in [0, 0.05) is 18.7 Å². The third kappa shape index (κ3) is 3.12. The van der Waals surface area contributed by atoms with Crippen molar-refractivity contribution in [1.82, 2.24) is 4.90 Å². The molecule has 2 N–H and O–H groups in total. The van der Waals surface area contributed by atoms with Crippen molar-refractivity contribution in [3.8, 4) is 0 Å². The van der Waals surface area contributed by atoms with Crippen LogP contribution in [-0.4, -0.2) is 44.6 Å². The minimum atomic E-state index is -4.64. The van der Waals surface area contributed by atoms with Gasteiger partial charge in [-0.25, -0.2) is 8.42 Å². The summed E-state index contributed by atoms with van der Waals surface area (Å²) in [5, 5.41) is 0. The van der Waals surface area contributed by atoms with E-state index in [1.165, 1.54) is 12.1 Å². The van der Waals surface area contributed by atoms with Crippen molar-refractivity contribution < 1.29 is 22.0 Å². The SMILES string of the molecule is CC1(CN)CCN(C(=O)c2ccc(S(=O)(=O)C(F)F)cc2)C1. The minimum Gasteiger partial charge on any atom is -0.338 e. The molecule has 0 saturated carbocycles. The zero-order valence-corrected chi connectivity index (χ0v) is 12.9. The molecule has 1 fully saturated rings. The lowest BCUT2D eigenvalue weighted by Crippen LogP contribution is -2.34. The van der Waals surface area contributed by atoms with Crippen LogP contribution in [0.25, 0.3) is 0 Å². The highest BCUT2D eigenvalue weighted by molar-refractivity contribution is 7.91. The normalized spacial score (nSPS) is 22.3. The summed E-state index contributed by atoms with van der Waals surface area (Å²) in [7, 11) is -4.64. The highest BCUT2D eigenvalue weighted by atomic mass is 32.2. The van der Waals surface area contributed by atoms with E-state index in [-0.39, 0.29) is 16.9 Å². The number of carbonyl (C=O) groups excluding carboxylic acids is 1. The van der Waals surface area contributed by atoms with Crippen LogP contribution in [0.3, 0.4) is 0 Å². The van der Waals surface area contributed by atoms with Gasteiger partial charge in [0.25, 0.3) is 5.91 Å². The Morgan fingerprint density at radius 2 is 1.95 bits per heavy atom. The maximum absolute atomic E-state index is 12.5. The van der Waals surface area contributed by atoms with Crippen LogP contribution >= 0.6 is 0 Å². The summed E-state index contributed by atoms with van der Waals surface area (Å²) in [6.45, 7) is 3.57. The van der Waals surface area contributed by atoms with Gasteiger partial charge >= 0.3 is 5.76 Å². The molecule has 1 heterocycles. The molecule has 0 aliphatic carbocycles. The molecule has 0 spiro atoms. The van der Waals surface area contributed by atoms with Gasteiger partial charge in [0.15, 0.2) is 0 Å². The molecule has 1 amide bonds. The summed E-state index contributed by atoms with van der Waals surface area (Å²) in [6.07, 6.45) is 0.799. The number of amides is 1. The summed E-state index contributed by atoms with van der Waals surface area (Å²) in [5.74, 6) is -3.73. The van der Waals surface area contributed by atoms with Crippen LogP contribution in [0.4, 0.5) is 8.78 Å². The Kier molecular flexibility index (Phi) is 4.53. The van der Waals surface area contributed by atoms with E-state index in [0.29, 0.717) is 19.6 Å². The first kappa shape index (κ1) is 16.8. The lowest BCUT2D eigenvalue weighted by molar-refractivity contribution is 0.0777. The number of benzene rings is 1. The van der Waals surface area contributed by atoms with E-state index in [9.17, 15) is 22.0 Å². The van der Waals surface area contributed by atoms with Gasteiger partial charge in [-0.1, -0.05) is 6.92 Å². The number of likely N-dealkylation sites (tertiary alicyclic amines) is 1. The predicted octanol–water partition coefficient (Wildman–Crippen LogP) is 1.49. The summed E-state index contributed by atoms with van der Waals surface area (Å²) in [4.78, 5) is 13.5. The molecule has 1 aromatic carbocycles. The monoisotopic (exact) mass is 332 g/mol. The number of alkyl halides is 2. The van der Waals surface area contributed by atoms with Crippen LogP contribution in [0.2, 0.25) is 0 Å². The Balaban J connectivity index is 2.16. The highest BCUT2D eigenvalue weighted by Crippen LogP contribution is 2.29. The fraction of sp³-hybridized carbons (Fsp3) is 0.500. The fourth-order valence-electron chi connectivity index (χ4n) is 2.44.